The average molecular weight is 281 g/mol. The number of hydrogen-bond donors (Lipinski definition) is 2. The van der Waals surface area contributed by atoms with Gasteiger partial charge in [0.15, 0.2) is 0 Å². The summed E-state index contributed by atoms with van der Waals surface area (Å²) >= 11 is 7.15. The van der Waals surface area contributed by atoms with Crippen molar-refractivity contribution in [2.75, 3.05) is 5.73 Å². The maximum absolute atomic E-state index is 10.9. The zero-order valence-electron chi connectivity index (χ0n) is 9.13. The summed E-state index contributed by atoms with van der Waals surface area (Å²) in [4.78, 5) is 15.9. The molecule has 1 aromatic heterocycles. The molecule has 1 heterocycles. The van der Waals surface area contributed by atoms with Crippen molar-refractivity contribution >= 4 is 35.0 Å². The summed E-state index contributed by atoms with van der Waals surface area (Å²) < 4.78 is 0. The van der Waals surface area contributed by atoms with E-state index < -0.39 is 5.97 Å². The first-order valence-electron chi connectivity index (χ1n) is 4.99. The number of aromatic nitrogens is 1. The second kappa shape index (κ2) is 5.29. The number of carboxylic acid groups (broad SMARTS) is 1. The Balaban J connectivity index is 2.35. The molecule has 0 radical (unpaired) electrons. The van der Waals surface area contributed by atoms with E-state index in [1.54, 1.807) is 12.1 Å². The molecule has 1 aromatic carbocycles. The summed E-state index contributed by atoms with van der Waals surface area (Å²) in [6, 6.07) is 8.56. The van der Waals surface area contributed by atoms with Crippen LogP contribution < -0.4 is 5.73 Å². The number of nitrogens with zero attached hydrogens (tertiary/aromatic N) is 1. The summed E-state index contributed by atoms with van der Waals surface area (Å²) in [5.41, 5.74) is 5.99. The Hall–Kier alpha value is -1.72. The highest BCUT2D eigenvalue weighted by Gasteiger charge is 2.13. The van der Waals surface area contributed by atoms with E-state index in [1.165, 1.54) is 24.0 Å². The van der Waals surface area contributed by atoms with Crippen LogP contribution in [0.4, 0.5) is 5.69 Å². The molecule has 0 amide bonds. The van der Waals surface area contributed by atoms with Crippen LogP contribution in [-0.4, -0.2) is 16.1 Å². The number of halogens is 1. The minimum Gasteiger partial charge on any atom is -0.478 e. The van der Waals surface area contributed by atoms with Crippen LogP contribution in [0.1, 0.15) is 10.4 Å². The standard InChI is InChI=1S/C12H9ClN2O2S/c13-7-2-1-3-8(6-7)18-11-10(14)9(12(16)17)4-5-15-11/h1-6H,14H2,(H,16,17). The maximum Gasteiger partial charge on any atom is 0.337 e. The summed E-state index contributed by atoms with van der Waals surface area (Å²) in [6.07, 6.45) is 1.42. The van der Waals surface area contributed by atoms with Crippen LogP contribution in [0.5, 0.6) is 0 Å². The second-order valence-electron chi connectivity index (χ2n) is 3.44. The number of pyridine rings is 1. The van der Waals surface area contributed by atoms with Gasteiger partial charge in [0.2, 0.25) is 0 Å². The second-order valence-corrected chi connectivity index (χ2v) is 4.94. The van der Waals surface area contributed by atoms with Gasteiger partial charge in [0.1, 0.15) is 5.03 Å². The van der Waals surface area contributed by atoms with E-state index in [4.69, 9.17) is 22.4 Å². The lowest BCUT2D eigenvalue weighted by molar-refractivity contribution is 0.0697. The molecule has 0 saturated heterocycles. The fourth-order valence-corrected chi connectivity index (χ4v) is 2.51. The predicted octanol–water partition coefficient (Wildman–Crippen LogP) is 3.17. The first kappa shape index (κ1) is 12.7. The van der Waals surface area contributed by atoms with E-state index in [9.17, 15) is 4.79 Å². The lowest BCUT2D eigenvalue weighted by Gasteiger charge is -2.06. The lowest BCUT2D eigenvalue weighted by Crippen LogP contribution is -2.04. The quantitative estimate of drug-likeness (QED) is 0.903. The van der Waals surface area contributed by atoms with Gasteiger partial charge in [-0.25, -0.2) is 9.78 Å². The normalized spacial score (nSPS) is 10.3. The van der Waals surface area contributed by atoms with Crippen LogP contribution in [0, 0.1) is 0 Å². The zero-order chi connectivity index (χ0) is 13.1. The third-order valence-electron chi connectivity index (χ3n) is 2.19. The molecule has 6 heteroatoms. The molecule has 3 N–H and O–H groups in total. The van der Waals surface area contributed by atoms with Crippen LogP contribution in [0.25, 0.3) is 0 Å². The fourth-order valence-electron chi connectivity index (χ4n) is 1.36. The van der Waals surface area contributed by atoms with Gasteiger partial charge in [-0.1, -0.05) is 29.4 Å². The lowest BCUT2D eigenvalue weighted by atomic mass is 10.2. The monoisotopic (exact) mass is 280 g/mol. The Morgan fingerprint density at radius 2 is 2.17 bits per heavy atom. The molecule has 0 saturated carbocycles. The molecular formula is C12H9ClN2O2S. The van der Waals surface area contributed by atoms with E-state index in [0.717, 1.165) is 4.90 Å². The zero-order valence-corrected chi connectivity index (χ0v) is 10.7. The summed E-state index contributed by atoms with van der Waals surface area (Å²) in [7, 11) is 0. The molecule has 0 aliphatic rings. The molecule has 18 heavy (non-hydrogen) atoms. The van der Waals surface area contributed by atoms with Gasteiger partial charge < -0.3 is 10.8 Å². The van der Waals surface area contributed by atoms with E-state index in [0.29, 0.717) is 10.0 Å². The Labute approximate surface area is 113 Å². The smallest absolute Gasteiger partial charge is 0.337 e. The summed E-state index contributed by atoms with van der Waals surface area (Å²) in [5, 5.41) is 10.0. The topological polar surface area (TPSA) is 76.2 Å². The molecule has 92 valence electrons. The number of nitrogens with two attached hydrogens (primary N) is 1. The van der Waals surface area contributed by atoms with Gasteiger partial charge in [0, 0.05) is 16.1 Å². The van der Waals surface area contributed by atoms with Gasteiger partial charge in [-0.05, 0) is 24.3 Å². The Kier molecular flexibility index (Phi) is 3.74. The fraction of sp³-hybridized carbons (Fsp3) is 0. The third-order valence-corrected chi connectivity index (χ3v) is 3.44. The average Bonchev–Trinajstić information content (AvgIpc) is 2.31. The van der Waals surface area contributed by atoms with Crippen LogP contribution >= 0.6 is 23.4 Å². The third kappa shape index (κ3) is 2.75. The Morgan fingerprint density at radius 3 is 2.83 bits per heavy atom. The number of rotatable bonds is 3. The molecule has 4 nitrogen and oxygen atoms in total. The number of anilines is 1. The SMILES string of the molecule is Nc1c(C(=O)O)ccnc1Sc1cccc(Cl)c1. The van der Waals surface area contributed by atoms with E-state index >= 15 is 0 Å². The molecule has 0 spiro atoms. The summed E-state index contributed by atoms with van der Waals surface area (Å²) in [5.74, 6) is -1.07. The first-order valence-corrected chi connectivity index (χ1v) is 6.18. The van der Waals surface area contributed by atoms with Crippen LogP contribution in [-0.2, 0) is 0 Å². The molecule has 0 aliphatic heterocycles. The molecule has 2 rings (SSSR count). The van der Waals surface area contributed by atoms with Crippen LogP contribution in [0.2, 0.25) is 5.02 Å². The van der Waals surface area contributed by atoms with Crippen molar-refractivity contribution in [2.24, 2.45) is 0 Å². The van der Waals surface area contributed by atoms with Gasteiger partial charge >= 0.3 is 5.97 Å². The molecular weight excluding hydrogens is 272 g/mol. The van der Waals surface area contributed by atoms with Crippen molar-refractivity contribution in [3.63, 3.8) is 0 Å². The Bertz CT molecular complexity index is 604. The number of carboxylic acids is 1. The van der Waals surface area contributed by atoms with Crippen LogP contribution in [0.15, 0.2) is 46.5 Å². The van der Waals surface area contributed by atoms with Crippen LogP contribution in [0.3, 0.4) is 0 Å². The highest BCUT2D eigenvalue weighted by molar-refractivity contribution is 7.99. The minimum atomic E-state index is -1.07. The highest BCUT2D eigenvalue weighted by atomic mass is 35.5. The molecule has 0 unspecified atom stereocenters. The molecule has 2 aromatic rings. The van der Waals surface area contributed by atoms with Crippen molar-refractivity contribution in [3.8, 4) is 0 Å². The van der Waals surface area contributed by atoms with Gasteiger partial charge in [0.05, 0.1) is 11.3 Å². The van der Waals surface area contributed by atoms with Gasteiger partial charge in [-0.15, -0.1) is 0 Å². The predicted molar refractivity (Wildman–Crippen MR) is 71.2 cm³/mol. The largest absolute Gasteiger partial charge is 0.478 e. The van der Waals surface area contributed by atoms with Crippen molar-refractivity contribution < 1.29 is 9.90 Å². The first-order chi connectivity index (χ1) is 8.58. The van der Waals surface area contributed by atoms with Gasteiger partial charge in [0.25, 0.3) is 0 Å². The minimum absolute atomic E-state index is 0.0505. The van der Waals surface area contributed by atoms with Crippen molar-refractivity contribution in [2.45, 2.75) is 9.92 Å². The van der Waals surface area contributed by atoms with E-state index in [2.05, 4.69) is 4.98 Å². The Morgan fingerprint density at radius 1 is 1.39 bits per heavy atom. The number of aromatic carboxylic acids is 1. The number of hydrogen-bond acceptors (Lipinski definition) is 4. The van der Waals surface area contributed by atoms with Crippen molar-refractivity contribution in [1.82, 2.24) is 4.98 Å². The molecule has 0 fully saturated rings. The number of nitrogen functional groups attached to an aromatic ring is 1. The molecule has 0 aliphatic carbocycles. The molecule has 0 atom stereocenters. The highest BCUT2D eigenvalue weighted by Crippen LogP contribution is 2.32. The molecule has 0 bridgehead atoms. The summed E-state index contributed by atoms with van der Waals surface area (Å²) in [6.45, 7) is 0. The van der Waals surface area contributed by atoms with Crippen molar-refractivity contribution in [3.05, 3.63) is 47.1 Å². The van der Waals surface area contributed by atoms with Gasteiger partial charge in [-0.3, -0.25) is 0 Å². The van der Waals surface area contributed by atoms with Crippen molar-refractivity contribution in [1.29, 1.82) is 0 Å². The van der Waals surface area contributed by atoms with Gasteiger partial charge in [-0.2, -0.15) is 0 Å². The maximum atomic E-state index is 10.9. The number of carbonyl (C=O) groups is 1. The number of benzene rings is 1. The van der Waals surface area contributed by atoms with E-state index in [1.807, 2.05) is 12.1 Å². The van der Waals surface area contributed by atoms with E-state index in [-0.39, 0.29) is 11.3 Å².